The van der Waals surface area contributed by atoms with E-state index >= 15 is 0 Å². The van der Waals surface area contributed by atoms with Gasteiger partial charge in [0.1, 0.15) is 22.2 Å². The van der Waals surface area contributed by atoms with Gasteiger partial charge in [0.2, 0.25) is 0 Å². The lowest BCUT2D eigenvalue weighted by Gasteiger charge is -2.01. The predicted octanol–water partition coefficient (Wildman–Crippen LogP) is 3.99. The highest BCUT2D eigenvalue weighted by molar-refractivity contribution is 8.31. The Bertz CT molecular complexity index is 965. The standard InChI is InChI=1S/C6HCl3N2O.C6H4N2O.Cl2O2S/c7-3-4(8)6(9)11-2(1-10)5(3)12;7-4-5-6(9)2-1-3-8-5;1-5(2,3)4/h12H;1-3,9H;. The topological polar surface area (TPSA) is 148 Å². The molecule has 0 atom stereocenters. The Morgan fingerprint density at radius 1 is 1.00 bits per heavy atom. The highest BCUT2D eigenvalue weighted by atomic mass is 36.0. The van der Waals surface area contributed by atoms with Gasteiger partial charge >= 0.3 is 8.26 Å². The Morgan fingerprint density at radius 2 is 1.50 bits per heavy atom. The fraction of sp³-hybridized carbons (Fsp3) is 0. The van der Waals surface area contributed by atoms with Crippen molar-refractivity contribution in [2.45, 2.75) is 0 Å². The van der Waals surface area contributed by atoms with Crippen LogP contribution in [0.3, 0.4) is 0 Å². The molecule has 2 heterocycles. The molecule has 0 saturated heterocycles. The predicted molar refractivity (Wildman–Crippen MR) is 96.9 cm³/mol. The highest BCUT2D eigenvalue weighted by Gasteiger charge is 2.14. The summed E-state index contributed by atoms with van der Waals surface area (Å²) in [7, 11) is 4.81. The van der Waals surface area contributed by atoms with Gasteiger partial charge in [-0.15, -0.1) is 0 Å². The van der Waals surface area contributed by atoms with E-state index in [9.17, 15) is 0 Å². The number of nitrogens with zero attached hydrogens (tertiary/aromatic N) is 4. The molecule has 0 aliphatic carbocycles. The Hall–Kier alpha value is -1.72. The van der Waals surface area contributed by atoms with E-state index in [1.807, 2.05) is 0 Å². The zero-order valence-electron chi connectivity index (χ0n) is 12.0. The first-order valence-electron chi connectivity index (χ1n) is 5.74. The van der Waals surface area contributed by atoms with Gasteiger partial charge in [-0.3, -0.25) is 0 Å². The summed E-state index contributed by atoms with van der Waals surface area (Å²) < 4.78 is 18.3. The molecule has 2 aromatic rings. The van der Waals surface area contributed by atoms with E-state index in [0.717, 1.165) is 0 Å². The number of hydrogen-bond acceptors (Lipinski definition) is 8. The van der Waals surface area contributed by atoms with Gasteiger partial charge in [0.25, 0.3) is 0 Å². The molecule has 0 amide bonds. The first-order chi connectivity index (χ1) is 11.9. The van der Waals surface area contributed by atoms with Gasteiger partial charge in [-0.2, -0.15) is 18.9 Å². The zero-order chi connectivity index (χ0) is 20.5. The van der Waals surface area contributed by atoms with Gasteiger partial charge < -0.3 is 10.2 Å². The van der Waals surface area contributed by atoms with Crippen LogP contribution in [-0.2, 0) is 8.26 Å². The third-order valence-corrected chi connectivity index (χ3v) is 3.22. The normalized spacial score (nSPS) is 9.50. The van der Waals surface area contributed by atoms with Crippen LogP contribution < -0.4 is 0 Å². The van der Waals surface area contributed by atoms with Crippen LogP contribution in [0.1, 0.15) is 11.4 Å². The number of aromatic hydroxyl groups is 2. The summed E-state index contributed by atoms with van der Waals surface area (Å²) in [5.41, 5.74) is -0.174. The van der Waals surface area contributed by atoms with Crippen molar-refractivity contribution in [3.05, 3.63) is 44.9 Å². The second kappa shape index (κ2) is 11.1. The number of halogens is 5. The van der Waals surface area contributed by atoms with Crippen molar-refractivity contribution in [3.8, 4) is 23.6 Å². The molecule has 8 nitrogen and oxygen atoms in total. The van der Waals surface area contributed by atoms with Crippen molar-refractivity contribution in [1.82, 2.24) is 9.97 Å². The van der Waals surface area contributed by atoms with Crippen molar-refractivity contribution >= 4 is 64.4 Å². The van der Waals surface area contributed by atoms with Crippen LogP contribution in [0.25, 0.3) is 0 Å². The average Bonchev–Trinajstić information content (AvgIpc) is 2.56. The van der Waals surface area contributed by atoms with Crippen molar-refractivity contribution in [3.63, 3.8) is 0 Å². The molecular weight excluding hydrogens is 473 g/mol. The van der Waals surface area contributed by atoms with E-state index in [1.54, 1.807) is 18.2 Å². The van der Waals surface area contributed by atoms with Crippen LogP contribution in [0, 0.1) is 22.7 Å². The third kappa shape index (κ3) is 9.11. The van der Waals surface area contributed by atoms with Crippen molar-refractivity contribution in [1.29, 1.82) is 10.5 Å². The van der Waals surface area contributed by atoms with E-state index in [2.05, 4.69) is 31.3 Å². The maximum atomic E-state index is 9.16. The molecule has 138 valence electrons. The van der Waals surface area contributed by atoms with Crippen molar-refractivity contribution in [2.75, 3.05) is 0 Å². The molecule has 2 rings (SSSR count). The van der Waals surface area contributed by atoms with Crippen molar-refractivity contribution < 1.29 is 18.6 Å². The zero-order valence-corrected chi connectivity index (χ0v) is 16.6. The smallest absolute Gasteiger partial charge is 0.317 e. The molecular formula is C12H5Cl5N4O4S. The molecule has 14 heteroatoms. The largest absolute Gasteiger partial charge is 0.505 e. The molecule has 2 aromatic heterocycles. The lowest BCUT2D eigenvalue weighted by Crippen LogP contribution is -1.87. The van der Waals surface area contributed by atoms with Crippen LogP contribution in [-0.4, -0.2) is 28.6 Å². The second-order valence-corrected chi connectivity index (χ2v) is 8.48. The fourth-order valence-electron chi connectivity index (χ4n) is 1.06. The Morgan fingerprint density at radius 3 is 1.88 bits per heavy atom. The molecule has 0 aromatic carbocycles. The summed E-state index contributed by atoms with van der Waals surface area (Å²) in [5.74, 6) is -0.520. The minimum atomic E-state index is -3.72. The summed E-state index contributed by atoms with van der Waals surface area (Å²) in [5, 5.41) is 34.3. The lowest BCUT2D eigenvalue weighted by atomic mass is 10.3. The first kappa shape index (κ1) is 24.3. The Labute approximate surface area is 171 Å². The van der Waals surface area contributed by atoms with Gasteiger partial charge in [0.05, 0.1) is 0 Å². The number of hydrogen-bond donors (Lipinski definition) is 2. The summed E-state index contributed by atoms with van der Waals surface area (Å²) >= 11 is 16.5. The van der Waals surface area contributed by atoms with Crippen LogP contribution in [0.4, 0.5) is 0 Å². The van der Waals surface area contributed by atoms with E-state index in [1.165, 1.54) is 12.3 Å². The Balaban J connectivity index is 0.000000394. The SMILES string of the molecule is N#Cc1nc(Cl)c(Cl)c(Cl)c1O.N#Cc1ncccc1O.O=S(=O)(Cl)Cl. The summed E-state index contributed by atoms with van der Waals surface area (Å²) in [6.07, 6.45) is 1.46. The second-order valence-electron chi connectivity index (χ2n) is 3.70. The van der Waals surface area contributed by atoms with E-state index in [0.29, 0.717) is 0 Å². The quantitative estimate of drug-likeness (QED) is 0.427. The molecule has 0 saturated carbocycles. The molecule has 0 spiro atoms. The van der Waals surface area contributed by atoms with Crippen molar-refractivity contribution in [2.24, 2.45) is 0 Å². The molecule has 0 fully saturated rings. The maximum absolute atomic E-state index is 9.16. The van der Waals surface area contributed by atoms with E-state index in [-0.39, 0.29) is 32.3 Å². The van der Waals surface area contributed by atoms with E-state index in [4.69, 9.17) is 64.0 Å². The summed E-state index contributed by atoms with van der Waals surface area (Å²) in [6, 6.07) is 6.34. The van der Waals surface area contributed by atoms with Gasteiger partial charge in [-0.05, 0) is 12.1 Å². The molecule has 0 aliphatic rings. The average molecular weight is 479 g/mol. The van der Waals surface area contributed by atoms with Gasteiger partial charge in [-0.25, -0.2) is 9.97 Å². The maximum Gasteiger partial charge on any atom is 0.317 e. The number of rotatable bonds is 0. The van der Waals surface area contributed by atoms with Gasteiger partial charge in [-0.1, -0.05) is 34.8 Å². The highest BCUT2D eigenvalue weighted by Crippen LogP contribution is 2.36. The number of pyridine rings is 2. The molecule has 0 radical (unpaired) electrons. The molecule has 2 N–H and O–H groups in total. The number of nitriles is 2. The molecule has 26 heavy (non-hydrogen) atoms. The molecule has 0 aliphatic heterocycles. The number of aromatic nitrogens is 2. The van der Waals surface area contributed by atoms with Gasteiger partial charge in [0.15, 0.2) is 28.0 Å². The van der Waals surface area contributed by atoms with Crippen LogP contribution in [0.15, 0.2) is 18.3 Å². The van der Waals surface area contributed by atoms with Gasteiger partial charge in [0, 0.05) is 27.6 Å². The summed E-state index contributed by atoms with van der Waals surface area (Å²) in [6.45, 7) is 0. The van der Waals surface area contributed by atoms with Crippen LogP contribution in [0.2, 0.25) is 15.2 Å². The Kier molecular flexibility index (Phi) is 10.4. The lowest BCUT2D eigenvalue weighted by molar-refractivity contribution is 0.470. The third-order valence-electron chi connectivity index (χ3n) is 2.01. The van der Waals surface area contributed by atoms with Crippen LogP contribution >= 0.6 is 56.2 Å². The monoisotopic (exact) mass is 476 g/mol. The minimum absolute atomic E-state index is 0.0603. The molecule has 0 bridgehead atoms. The van der Waals surface area contributed by atoms with Crippen LogP contribution in [0.5, 0.6) is 11.5 Å². The first-order valence-corrected chi connectivity index (χ1v) is 10.0. The molecule has 0 unspecified atom stereocenters. The summed E-state index contributed by atoms with van der Waals surface area (Å²) in [4.78, 5) is 7.08. The fourth-order valence-corrected chi connectivity index (χ4v) is 1.60. The van der Waals surface area contributed by atoms with E-state index < -0.39 is 14.0 Å². The minimum Gasteiger partial charge on any atom is -0.505 e.